The highest BCUT2D eigenvalue weighted by Gasteiger charge is 2.17. The summed E-state index contributed by atoms with van der Waals surface area (Å²) in [6.07, 6.45) is 1.57. The van der Waals surface area contributed by atoms with Crippen LogP contribution in [0.25, 0.3) is 0 Å². The number of carboxylic acid groups (broad SMARTS) is 1. The molecule has 2 aromatic rings. The number of nitrogens with one attached hydrogen (secondary N) is 2. The van der Waals surface area contributed by atoms with Gasteiger partial charge in [0.15, 0.2) is 0 Å². The maximum atomic E-state index is 12.5. The van der Waals surface area contributed by atoms with Gasteiger partial charge in [0.1, 0.15) is 11.5 Å². The third kappa shape index (κ3) is 5.24. The molecule has 28 heavy (non-hydrogen) atoms. The van der Waals surface area contributed by atoms with E-state index in [0.717, 1.165) is 6.08 Å². The van der Waals surface area contributed by atoms with Crippen molar-refractivity contribution in [1.29, 1.82) is 0 Å². The Kier molecular flexibility index (Phi) is 7.00. The summed E-state index contributed by atoms with van der Waals surface area (Å²) < 4.78 is 10.5. The standard InChI is InChI=1S/C19H17ClN2O6/c1-27-15-10-14(22-19(26)11-5-3-4-6-12(11)20)16(28-2)9-13(15)21-17(23)7-8-18(24)25/h3-10H,1-2H3,(H,21,23)(H,22,26)(H,24,25). The van der Waals surface area contributed by atoms with Crippen LogP contribution in [-0.2, 0) is 9.59 Å². The van der Waals surface area contributed by atoms with Crippen LogP contribution >= 0.6 is 11.6 Å². The van der Waals surface area contributed by atoms with Crippen molar-refractivity contribution in [1.82, 2.24) is 0 Å². The molecule has 146 valence electrons. The highest BCUT2D eigenvalue weighted by Crippen LogP contribution is 2.37. The van der Waals surface area contributed by atoms with Crippen molar-refractivity contribution in [3.05, 3.63) is 59.1 Å². The summed E-state index contributed by atoms with van der Waals surface area (Å²) >= 11 is 6.04. The lowest BCUT2D eigenvalue weighted by atomic mass is 10.2. The van der Waals surface area contributed by atoms with Crippen molar-refractivity contribution in [3.63, 3.8) is 0 Å². The Balaban J connectivity index is 2.31. The van der Waals surface area contributed by atoms with E-state index in [-0.39, 0.29) is 22.7 Å². The number of benzene rings is 2. The van der Waals surface area contributed by atoms with Gasteiger partial charge in [-0.25, -0.2) is 4.79 Å². The Bertz CT molecular complexity index is 942. The van der Waals surface area contributed by atoms with Gasteiger partial charge in [-0.1, -0.05) is 23.7 Å². The van der Waals surface area contributed by atoms with Crippen molar-refractivity contribution in [2.45, 2.75) is 0 Å². The Morgan fingerprint density at radius 1 is 0.964 bits per heavy atom. The van der Waals surface area contributed by atoms with Crippen molar-refractivity contribution < 1.29 is 29.0 Å². The Morgan fingerprint density at radius 3 is 2.07 bits per heavy atom. The predicted molar refractivity (Wildman–Crippen MR) is 104 cm³/mol. The first-order valence-corrected chi connectivity index (χ1v) is 8.27. The summed E-state index contributed by atoms with van der Waals surface area (Å²) in [4.78, 5) is 34.8. The van der Waals surface area contributed by atoms with Crippen LogP contribution < -0.4 is 20.1 Å². The smallest absolute Gasteiger partial charge is 0.328 e. The van der Waals surface area contributed by atoms with Crippen LogP contribution in [0.3, 0.4) is 0 Å². The van der Waals surface area contributed by atoms with Crippen molar-refractivity contribution >= 4 is 40.8 Å². The fraction of sp³-hybridized carbons (Fsp3) is 0.105. The number of methoxy groups -OCH3 is 2. The zero-order chi connectivity index (χ0) is 20.7. The molecular weight excluding hydrogens is 388 g/mol. The van der Waals surface area contributed by atoms with E-state index >= 15 is 0 Å². The third-order valence-electron chi connectivity index (χ3n) is 3.52. The number of rotatable bonds is 7. The molecule has 2 amide bonds. The third-order valence-corrected chi connectivity index (χ3v) is 3.85. The van der Waals surface area contributed by atoms with Crippen molar-refractivity contribution in [2.75, 3.05) is 24.9 Å². The Morgan fingerprint density at radius 2 is 1.54 bits per heavy atom. The van der Waals surface area contributed by atoms with Crippen molar-refractivity contribution in [3.8, 4) is 11.5 Å². The molecule has 0 bridgehead atoms. The summed E-state index contributed by atoms with van der Waals surface area (Å²) in [6.45, 7) is 0. The average Bonchev–Trinajstić information content (AvgIpc) is 2.67. The van der Waals surface area contributed by atoms with Crippen LogP contribution in [0.4, 0.5) is 11.4 Å². The first kappa shape index (κ1) is 20.8. The average molecular weight is 405 g/mol. The predicted octanol–water partition coefficient (Wildman–Crippen LogP) is 3.19. The van der Waals surface area contributed by atoms with Crippen LogP contribution in [0.1, 0.15) is 10.4 Å². The first-order chi connectivity index (χ1) is 13.3. The van der Waals surface area contributed by atoms with E-state index < -0.39 is 17.8 Å². The molecule has 0 spiro atoms. The lowest BCUT2D eigenvalue weighted by molar-refractivity contribution is -0.131. The fourth-order valence-electron chi connectivity index (χ4n) is 2.25. The number of hydrogen-bond donors (Lipinski definition) is 3. The number of carboxylic acids is 1. The quantitative estimate of drug-likeness (QED) is 0.610. The SMILES string of the molecule is COc1cc(NC(=O)c2ccccc2Cl)c(OC)cc1NC(=O)C=CC(=O)O. The van der Waals surface area contributed by atoms with Gasteiger partial charge >= 0.3 is 5.97 Å². The second-order valence-corrected chi connectivity index (χ2v) is 5.75. The maximum absolute atomic E-state index is 12.5. The second-order valence-electron chi connectivity index (χ2n) is 5.35. The summed E-state index contributed by atoms with van der Waals surface area (Å²) in [5.41, 5.74) is 0.805. The summed E-state index contributed by atoms with van der Waals surface area (Å²) in [5, 5.41) is 14.0. The normalized spacial score (nSPS) is 10.4. The molecule has 0 aliphatic carbocycles. The molecule has 2 rings (SSSR count). The molecule has 0 aliphatic heterocycles. The van der Waals surface area contributed by atoms with E-state index in [4.69, 9.17) is 26.2 Å². The molecule has 0 fully saturated rings. The van der Waals surface area contributed by atoms with Crippen LogP contribution in [0, 0.1) is 0 Å². The van der Waals surface area contributed by atoms with Crippen LogP contribution in [0.2, 0.25) is 5.02 Å². The lowest BCUT2D eigenvalue weighted by Crippen LogP contribution is -2.14. The molecule has 8 nitrogen and oxygen atoms in total. The largest absolute Gasteiger partial charge is 0.494 e. The number of carbonyl (C=O) groups excluding carboxylic acids is 2. The zero-order valence-electron chi connectivity index (χ0n) is 15.0. The minimum atomic E-state index is -1.25. The van der Waals surface area contributed by atoms with E-state index in [1.807, 2.05) is 0 Å². The molecule has 0 aliphatic rings. The van der Waals surface area contributed by atoms with E-state index in [1.54, 1.807) is 24.3 Å². The highest BCUT2D eigenvalue weighted by molar-refractivity contribution is 6.34. The van der Waals surface area contributed by atoms with Gasteiger partial charge in [-0.15, -0.1) is 0 Å². The van der Waals surface area contributed by atoms with Gasteiger partial charge in [0.05, 0.1) is 36.2 Å². The molecule has 9 heteroatoms. The topological polar surface area (TPSA) is 114 Å². The summed E-state index contributed by atoms with van der Waals surface area (Å²) in [7, 11) is 2.77. The lowest BCUT2D eigenvalue weighted by Gasteiger charge is -2.16. The number of ether oxygens (including phenoxy) is 2. The van der Waals surface area contributed by atoms with E-state index in [2.05, 4.69) is 10.6 Å². The maximum Gasteiger partial charge on any atom is 0.328 e. The fourth-order valence-corrected chi connectivity index (χ4v) is 2.47. The van der Waals surface area contributed by atoms with Gasteiger partial charge < -0.3 is 25.2 Å². The van der Waals surface area contributed by atoms with Crippen LogP contribution in [0.5, 0.6) is 11.5 Å². The van der Waals surface area contributed by atoms with Gasteiger partial charge in [-0.05, 0) is 12.1 Å². The first-order valence-electron chi connectivity index (χ1n) is 7.89. The Hall–Kier alpha value is -3.52. The number of aliphatic carboxylic acids is 1. The molecule has 0 saturated heterocycles. The van der Waals surface area contributed by atoms with E-state index in [9.17, 15) is 14.4 Å². The molecule has 0 heterocycles. The number of anilines is 2. The van der Waals surface area contributed by atoms with Gasteiger partial charge in [0, 0.05) is 24.3 Å². The van der Waals surface area contributed by atoms with E-state index in [1.165, 1.54) is 26.4 Å². The van der Waals surface area contributed by atoms with Gasteiger partial charge in [0.2, 0.25) is 5.91 Å². The van der Waals surface area contributed by atoms with Crippen molar-refractivity contribution in [2.24, 2.45) is 0 Å². The minimum absolute atomic E-state index is 0.229. The molecule has 0 saturated carbocycles. The van der Waals surface area contributed by atoms with Gasteiger partial charge in [-0.3, -0.25) is 9.59 Å². The highest BCUT2D eigenvalue weighted by atomic mass is 35.5. The molecule has 0 aromatic heterocycles. The number of amides is 2. The van der Waals surface area contributed by atoms with Gasteiger partial charge in [0.25, 0.3) is 5.91 Å². The number of hydrogen-bond acceptors (Lipinski definition) is 5. The molecular formula is C19H17ClN2O6. The molecule has 3 N–H and O–H groups in total. The van der Waals surface area contributed by atoms with E-state index in [0.29, 0.717) is 16.8 Å². The Labute approximate surface area is 165 Å². The molecule has 2 aromatic carbocycles. The number of carbonyl (C=O) groups is 3. The molecule has 0 atom stereocenters. The van der Waals surface area contributed by atoms with Gasteiger partial charge in [-0.2, -0.15) is 0 Å². The molecule has 0 radical (unpaired) electrons. The monoisotopic (exact) mass is 404 g/mol. The summed E-state index contributed by atoms with van der Waals surface area (Å²) in [6, 6.07) is 9.46. The molecule has 0 unspecified atom stereocenters. The minimum Gasteiger partial charge on any atom is -0.494 e. The van der Waals surface area contributed by atoms with Crippen LogP contribution in [-0.4, -0.2) is 37.1 Å². The summed E-state index contributed by atoms with van der Waals surface area (Å²) in [5.74, 6) is -1.90. The zero-order valence-corrected chi connectivity index (χ0v) is 15.7. The second kappa shape index (κ2) is 9.43. The number of halogens is 1. The van der Waals surface area contributed by atoms with Crippen LogP contribution in [0.15, 0.2) is 48.6 Å².